The Morgan fingerprint density at radius 1 is 0.842 bits per heavy atom. The SMILES string of the molecule is O=C(Cc1ccc(Cl)c(Cl)c1)c1cc(Cl)ccc1Cl. The first-order valence-electron chi connectivity index (χ1n) is 5.39. The van der Waals surface area contributed by atoms with Crippen LogP contribution in [0.2, 0.25) is 20.1 Å². The van der Waals surface area contributed by atoms with Crippen molar-refractivity contribution in [3.05, 3.63) is 67.6 Å². The largest absolute Gasteiger partial charge is 0.294 e. The monoisotopic (exact) mass is 332 g/mol. The van der Waals surface area contributed by atoms with Gasteiger partial charge in [0, 0.05) is 17.0 Å². The van der Waals surface area contributed by atoms with Crippen LogP contribution in [-0.4, -0.2) is 5.78 Å². The number of ketones is 1. The predicted molar refractivity (Wildman–Crippen MR) is 81.0 cm³/mol. The lowest BCUT2D eigenvalue weighted by molar-refractivity contribution is 0.0993. The van der Waals surface area contributed by atoms with Crippen LogP contribution in [-0.2, 0) is 6.42 Å². The highest BCUT2D eigenvalue weighted by molar-refractivity contribution is 6.42. The lowest BCUT2D eigenvalue weighted by Gasteiger charge is -2.05. The van der Waals surface area contributed by atoms with Crippen molar-refractivity contribution in [2.24, 2.45) is 0 Å². The molecule has 0 aromatic heterocycles. The van der Waals surface area contributed by atoms with Gasteiger partial charge in [0.05, 0.1) is 15.1 Å². The summed E-state index contributed by atoms with van der Waals surface area (Å²) >= 11 is 23.6. The van der Waals surface area contributed by atoms with E-state index in [1.165, 1.54) is 0 Å². The highest BCUT2D eigenvalue weighted by Gasteiger charge is 2.12. The molecule has 0 aliphatic heterocycles. The minimum absolute atomic E-state index is 0.120. The van der Waals surface area contributed by atoms with Crippen molar-refractivity contribution in [3.8, 4) is 0 Å². The third-order valence-electron chi connectivity index (χ3n) is 2.58. The van der Waals surface area contributed by atoms with E-state index in [0.717, 1.165) is 5.56 Å². The summed E-state index contributed by atoms with van der Waals surface area (Å²) < 4.78 is 0. The van der Waals surface area contributed by atoms with Crippen molar-refractivity contribution in [1.82, 2.24) is 0 Å². The smallest absolute Gasteiger partial charge is 0.168 e. The molecule has 98 valence electrons. The lowest BCUT2D eigenvalue weighted by Crippen LogP contribution is -2.04. The average Bonchev–Trinajstić information content (AvgIpc) is 2.36. The maximum Gasteiger partial charge on any atom is 0.168 e. The minimum Gasteiger partial charge on any atom is -0.294 e. The molecule has 0 aliphatic rings. The number of halogens is 4. The lowest BCUT2D eigenvalue weighted by atomic mass is 10.0. The molecule has 0 N–H and O–H groups in total. The summed E-state index contributed by atoms with van der Waals surface area (Å²) in [4.78, 5) is 12.2. The van der Waals surface area contributed by atoms with E-state index in [4.69, 9.17) is 46.4 Å². The van der Waals surface area contributed by atoms with Crippen LogP contribution in [0, 0.1) is 0 Å². The summed E-state index contributed by atoms with van der Waals surface area (Å²) in [6.07, 6.45) is 0.191. The fourth-order valence-corrected chi connectivity index (χ4v) is 2.36. The number of carbonyl (C=O) groups excluding carboxylic acids is 1. The molecule has 19 heavy (non-hydrogen) atoms. The second-order valence-corrected chi connectivity index (χ2v) is 5.63. The van der Waals surface area contributed by atoms with Gasteiger partial charge in [-0.3, -0.25) is 4.79 Å². The topological polar surface area (TPSA) is 17.1 Å². The van der Waals surface area contributed by atoms with Gasteiger partial charge in [-0.05, 0) is 35.9 Å². The molecule has 0 aliphatic carbocycles. The first-order chi connectivity index (χ1) is 8.97. The van der Waals surface area contributed by atoms with Crippen molar-refractivity contribution in [2.45, 2.75) is 6.42 Å². The van der Waals surface area contributed by atoms with E-state index in [1.54, 1.807) is 36.4 Å². The Labute approximate surface area is 131 Å². The van der Waals surface area contributed by atoms with Gasteiger partial charge in [-0.15, -0.1) is 0 Å². The molecule has 0 unspecified atom stereocenters. The molecule has 5 heteroatoms. The van der Waals surface area contributed by atoms with Gasteiger partial charge in [0.2, 0.25) is 0 Å². The predicted octanol–water partition coefficient (Wildman–Crippen LogP) is 5.73. The van der Waals surface area contributed by atoms with Crippen LogP contribution in [0.5, 0.6) is 0 Å². The summed E-state index contributed by atoms with van der Waals surface area (Å²) in [5.41, 5.74) is 1.18. The minimum atomic E-state index is -0.120. The molecule has 0 fully saturated rings. The second kappa shape index (κ2) is 6.15. The number of rotatable bonds is 3. The Hall–Kier alpha value is -0.730. The molecule has 0 saturated carbocycles. The van der Waals surface area contributed by atoms with Gasteiger partial charge in [-0.2, -0.15) is 0 Å². The second-order valence-electron chi connectivity index (χ2n) is 3.97. The van der Waals surface area contributed by atoms with Crippen LogP contribution in [0.25, 0.3) is 0 Å². The van der Waals surface area contributed by atoms with Crippen molar-refractivity contribution in [2.75, 3.05) is 0 Å². The molecule has 2 aromatic rings. The highest BCUT2D eigenvalue weighted by Crippen LogP contribution is 2.25. The Morgan fingerprint density at radius 2 is 1.53 bits per heavy atom. The number of hydrogen-bond acceptors (Lipinski definition) is 1. The molecular formula is C14H8Cl4O. The van der Waals surface area contributed by atoms with Gasteiger partial charge >= 0.3 is 0 Å². The van der Waals surface area contributed by atoms with E-state index in [0.29, 0.717) is 25.7 Å². The molecule has 0 bridgehead atoms. The molecule has 0 saturated heterocycles. The molecule has 1 nitrogen and oxygen atoms in total. The van der Waals surface area contributed by atoms with Gasteiger partial charge in [0.15, 0.2) is 5.78 Å². The highest BCUT2D eigenvalue weighted by atomic mass is 35.5. The van der Waals surface area contributed by atoms with Crippen molar-refractivity contribution >= 4 is 52.2 Å². The standard InChI is InChI=1S/C14H8Cl4O/c15-9-2-4-11(16)10(7-9)14(19)6-8-1-3-12(17)13(18)5-8/h1-5,7H,6H2. The van der Waals surface area contributed by atoms with Crippen molar-refractivity contribution in [3.63, 3.8) is 0 Å². The number of benzene rings is 2. The summed E-state index contributed by atoms with van der Waals surface area (Å²) in [5.74, 6) is -0.120. The van der Waals surface area contributed by atoms with E-state index in [-0.39, 0.29) is 12.2 Å². The normalized spacial score (nSPS) is 10.5. The van der Waals surface area contributed by atoms with Crippen LogP contribution in [0.15, 0.2) is 36.4 Å². The zero-order valence-electron chi connectivity index (χ0n) is 9.59. The third-order valence-corrected chi connectivity index (χ3v) is 3.88. The number of hydrogen-bond donors (Lipinski definition) is 0. The maximum atomic E-state index is 12.2. The summed E-state index contributed by atoms with van der Waals surface area (Å²) in [5, 5.41) is 1.74. The van der Waals surface area contributed by atoms with E-state index in [9.17, 15) is 4.79 Å². The Kier molecular flexibility index (Phi) is 4.75. The van der Waals surface area contributed by atoms with Crippen LogP contribution in [0.4, 0.5) is 0 Å². The fraction of sp³-hybridized carbons (Fsp3) is 0.0714. The Bertz CT molecular complexity index is 637. The summed E-state index contributed by atoms with van der Waals surface area (Å²) in [6.45, 7) is 0. The van der Waals surface area contributed by atoms with Crippen LogP contribution < -0.4 is 0 Å². The molecule has 2 aromatic carbocycles. The van der Waals surface area contributed by atoms with Gasteiger partial charge in [0.1, 0.15) is 0 Å². The van der Waals surface area contributed by atoms with Crippen molar-refractivity contribution in [1.29, 1.82) is 0 Å². The first-order valence-corrected chi connectivity index (χ1v) is 6.91. The molecule has 0 amide bonds. The average molecular weight is 334 g/mol. The van der Waals surface area contributed by atoms with Crippen LogP contribution in [0.3, 0.4) is 0 Å². The van der Waals surface area contributed by atoms with Crippen molar-refractivity contribution < 1.29 is 4.79 Å². The third kappa shape index (κ3) is 3.64. The first kappa shape index (κ1) is 14.7. The molecule has 0 spiro atoms. The number of carbonyl (C=O) groups is 1. The quantitative estimate of drug-likeness (QED) is 0.656. The molecule has 0 heterocycles. The van der Waals surface area contributed by atoms with E-state index in [2.05, 4.69) is 0 Å². The zero-order chi connectivity index (χ0) is 14.0. The molecular weight excluding hydrogens is 326 g/mol. The van der Waals surface area contributed by atoms with E-state index in [1.807, 2.05) is 0 Å². The van der Waals surface area contributed by atoms with E-state index >= 15 is 0 Å². The van der Waals surface area contributed by atoms with Gasteiger partial charge in [-0.25, -0.2) is 0 Å². The van der Waals surface area contributed by atoms with Crippen LogP contribution >= 0.6 is 46.4 Å². The zero-order valence-corrected chi connectivity index (χ0v) is 12.6. The summed E-state index contributed by atoms with van der Waals surface area (Å²) in [7, 11) is 0. The van der Waals surface area contributed by atoms with Gasteiger partial charge in [-0.1, -0.05) is 52.5 Å². The van der Waals surface area contributed by atoms with E-state index < -0.39 is 0 Å². The van der Waals surface area contributed by atoms with Gasteiger partial charge in [0.25, 0.3) is 0 Å². The maximum absolute atomic E-state index is 12.2. The van der Waals surface area contributed by atoms with Crippen LogP contribution in [0.1, 0.15) is 15.9 Å². The Balaban J connectivity index is 2.25. The number of Topliss-reactive ketones (excluding diaryl/α,β-unsaturated/α-hetero) is 1. The van der Waals surface area contributed by atoms with Gasteiger partial charge < -0.3 is 0 Å². The Morgan fingerprint density at radius 3 is 2.21 bits per heavy atom. The molecule has 2 rings (SSSR count). The fourth-order valence-electron chi connectivity index (χ4n) is 1.64. The summed E-state index contributed by atoms with van der Waals surface area (Å²) in [6, 6.07) is 9.88. The molecule has 0 radical (unpaired) electrons. The molecule has 0 atom stereocenters.